The van der Waals surface area contributed by atoms with Crippen molar-refractivity contribution in [3.63, 3.8) is 0 Å². The van der Waals surface area contributed by atoms with Gasteiger partial charge in [-0.05, 0) is 48.6 Å². The molecule has 2 aromatic rings. The lowest BCUT2D eigenvalue weighted by Crippen LogP contribution is -2.06. The first-order valence-electron chi connectivity index (χ1n) is 7.75. The fraction of sp³-hybridized carbons (Fsp3) is 0.389. The molecule has 1 heterocycles. The van der Waals surface area contributed by atoms with E-state index in [2.05, 4.69) is 22.4 Å². The number of rotatable bonds is 4. The van der Waals surface area contributed by atoms with E-state index in [9.17, 15) is 4.39 Å². The van der Waals surface area contributed by atoms with E-state index in [1.807, 2.05) is 12.3 Å². The van der Waals surface area contributed by atoms with Crippen LogP contribution in [0.2, 0.25) is 0 Å². The summed E-state index contributed by atoms with van der Waals surface area (Å²) in [7, 11) is 0. The van der Waals surface area contributed by atoms with Gasteiger partial charge in [-0.2, -0.15) is 0 Å². The van der Waals surface area contributed by atoms with Crippen LogP contribution < -0.4 is 5.32 Å². The molecule has 1 fully saturated rings. The zero-order chi connectivity index (χ0) is 14.5. The van der Waals surface area contributed by atoms with Crippen LogP contribution in [0.15, 0.2) is 42.6 Å². The maximum atomic E-state index is 13.1. The van der Waals surface area contributed by atoms with E-state index < -0.39 is 0 Å². The maximum Gasteiger partial charge on any atom is 0.125 e. The highest BCUT2D eigenvalue weighted by molar-refractivity contribution is 5.43. The van der Waals surface area contributed by atoms with E-state index in [0.29, 0.717) is 12.5 Å². The molecular formula is C18H21FN2. The Hall–Kier alpha value is -1.90. The number of pyridine rings is 1. The number of halogens is 1. The number of anilines is 1. The molecule has 0 aliphatic heterocycles. The van der Waals surface area contributed by atoms with Gasteiger partial charge < -0.3 is 5.32 Å². The van der Waals surface area contributed by atoms with Crippen molar-refractivity contribution in [2.45, 2.75) is 44.6 Å². The van der Waals surface area contributed by atoms with Crippen LogP contribution >= 0.6 is 0 Å². The van der Waals surface area contributed by atoms with Crippen LogP contribution in [0.25, 0.3) is 0 Å². The molecule has 0 atom stereocenters. The molecule has 1 aromatic heterocycles. The van der Waals surface area contributed by atoms with Crippen LogP contribution in [-0.4, -0.2) is 4.98 Å². The summed E-state index contributed by atoms with van der Waals surface area (Å²) < 4.78 is 13.1. The highest BCUT2D eigenvalue weighted by atomic mass is 19.1. The average molecular weight is 284 g/mol. The van der Waals surface area contributed by atoms with Crippen molar-refractivity contribution < 1.29 is 4.39 Å². The predicted octanol–water partition coefficient (Wildman–Crippen LogP) is 4.88. The highest BCUT2D eigenvalue weighted by Crippen LogP contribution is 2.32. The lowest BCUT2D eigenvalue weighted by Gasteiger charge is -2.21. The van der Waals surface area contributed by atoms with E-state index in [4.69, 9.17) is 0 Å². The van der Waals surface area contributed by atoms with Gasteiger partial charge in [0.15, 0.2) is 0 Å². The summed E-state index contributed by atoms with van der Waals surface area (Å²) in [5, 5.41) is 3.20. The van der Waals surface area contributed by atoms with Crippen LogP contribution in [0, 0.1) is 5.82 Å². The fourth-order valence-electron chi connectivity index (χ4n) is 3.01. The molecule has 0 amide bonds. The largest absolute Gasteiger partial charge is 0.379 e. The highest BCUT2D eigenvalue weighted by Gasteiger charge is 2.15. The smallest absolute Gasteiger partial charge is 0.125 e. The Morgan fingerprint density at radius 2 is 1.95 bits per heavy atom. The third kappa shape index (κ3) is 3.81. The number of hydrogen-bond acceptors (Lipinski definition) is 2. The topological polar surface area (TPSA) is 24.9 Å². The molecule has 0 spiro atoms. The molecule has 1 aromatic carbocycles. The van der Waals surface area contributed by atoms with Gasteiger partial charge >= 0.3 is 0 Å². The van der Waals surface area contributed by atoms with Crippen molar-refractivity contribution in [3.8, 4) is 0 Å². The summed E-state index contributed by atoms with van der Waals surface area (Å²) in [6.45, 7) is 0.619. The van der Waals surface area contributed by atoms with E-state index in [1.165, 1.54) is 49.8 Å². The summed E-state index contributed by atoms with van der Waals surface area (Å²) >= 11 is 0. The number of nitrogens with one attached hydrogen (secondary N) is 1. The minimum absolute atomic E-state index is 0.222. The zero-order valence-corrected chi connectivity index (χ0v) is 12.2. The van der Waals surface area contributed by atoms with Gasteiger partial charge in [-0.25, -0.2) is 4.39 Å². The molecule has 0 saturated heterocycles. The standard InChI is InChI=1S/C18H21FN2/c19-16-7-4-8-17(11-16)21-13-18-10-9-15(12-20-18)14-5-2-1-3-6-14/h4,7-12,14,21H,1-3,5-6,13H2. The van der Waals surface area contributed by atoms with Gasteiger partial charge in [-0.15, -0.1) is 0 Å². The minimum atomic E-state index is -0.222. The minimum Gasteiger partial charge on any atom is -0.379 e. The molecule has 1 aliphatic rings. The Labute approximate surface area is 125 Å². The summed E-state index contributed by atoms with van der Waals surface area (Å²) in [5.74, 6) is 0.470. The Bertz CT molecular complexity index is 574. The van der Waals surface area contributed by atoms with Crippen molar-refractivity contribution in [3.05, 3.63) is 59.7 Å². The SMILES string of the molecule is Fc1cccc(NCc2ccc(C3CCCCC3)cn2)c1. The molecular weight excluding hydrogens is 263 g/mol. The monoisotopic (exact) mass is 284 g/mol. The second-order valence-electron chi connectivity index (χ2n) is 5.78. The van der Waals surface area contributed by atoms with E-state index in [1.54, 1.807) is 6.07 Å². The quantitative estimate of drug-likeness (QED) is 0.865. The Morgan fingerprint density at radius 3 is 2.67 bits per heavy atom. The van der Waals surface area contributed by atoms with Gasteiger partial charge in [0, 0.05) is 11.9 Å². The zero-order valence-electron chi connectivity index (χ0n) is 12.2. The van der Waals surface area contributed by atoms with Crippen molar-refractivity contribution in [1.29, 1.82) is 0 Å². The van der Waals surface area contributed by atoms with Crippen molar-refractivity contribution in [2.24, 2.45) is 0 Å². The van der Waals surface area contributed by atoms with Gasteiger partial charge in [-0.3, -0.25) is 4.98 Å². The Balaban J connectivity index is 1.59. The Morgan fingerprint density at radius 1 is 1.10 bits per heavy atom. The van der Waals surface area contributed by atoms with Crippen LogP contribution in [-0.2, 0) is 6.54 Å². The molecule has 0 bridgehead atoms. The van der Waals surface area contributed by atoms with Crippen LogP contribution in [0.3, 0.4) is 0 Å². The predicted molar refractivity (Wildman–Crippen MR) is 83.8 cm³/mol. The normalized spacial score (nSPS) is 15.9. The molecule has 2 nitrogen and oxygen atoms in total. The first-order chi connectivity index (χ1) is 10.3. The molecule has 21 heavy (non-hydrogen) atoms. The molecule has 1 saturated carbocycles. The van der Waals surface area contributed by atoms with Crippen molar-refractivity contribution >= 4 is 5.69 Å². The summed E-state index contributed by atoms with van der Waals surface area (Å²) in [6.07, 6.45) is 8.66. The third-order valence-electron chi connectivity index (χ3n) is 4.22. The van der Waals surface area contributed by atoms with Crippen molar-refractivity contribution in [1.82, 2.24) is 4.98 Å². The van der Waals surface area contributed by atoms with Gasteiger partial charge in [-0.1, -0.05) is 31.4 Å². The lowest BCUT2D eigenvalue weighted by molar-refractivity contribution is 0.443. The second kappa shape index (κ2) is 6.70. The van der Waals surface area contributed by atoms with Gasteiger partial charge in [0.2, 0.25) is 0 Å². The third-order valence-corrected chi connectivity index (χ3v) is 4.22. The van der Waals surface area contributed by atoms with Crippen LogP contribution in [0.5, 0.6) is 0 Å². The van der Waals surface area contributed by atoms with Crippen LogP contribution in [0.1, 0.15) is 49.3 Å². The lowest BCUT2D eigenvalue weighted by atomic mass is 9.85. The average Bonchev–Trinajstić information content (AvgIpc) is 2.54. The van der Waals surface area contributed by atoms with Gasteiger partial charge in [0.05, 0.1) is 12.2 Å². The van der Waals surface area contributed by atoms with E-state index in [-0.39, 0.29) is 5.82 Å². The summed E-state index contributed by atoms with van der Waals surface area (Å²) in [5.41, 5.74) is 3.14. The molecule has 0 unspecified atom stereocenters. The first kappa shape index (κ1) is 14.1. The first-order valence-corrected chi connectivity index (χ1v) is 7.75. The molecule has 3 heteroatoms. The van der Waals surface area contributed by atoms with E-state index in [0.717, 1.165) is 11.4 Å². The number of hydrogen-bond donors (Lipinski definition) is 1. The molecule has 1 N–H and O–H groups in total. The van der Waals surface area contributed by atoms with Gasteiger partial charge in [0.25, 0.3) is 0 Å². The summed E-state index contributed by atoms with van der Waals surface area (Å²) in [4.78, 5) is 4.54. The second-order valence-corrected chi connectivity index (χ2v) is 5.78. The maximum absolute atomic E-state index is 13.1. The number of benzene rings is 1. The molecule has 3 rings (SSSR count). The van der Waals surface area contributed by atoms with Crippen LogP contribution in [0.4, 0.5) is 10.1 Å². The molecule has 0 radical (unpaired) electrons. The molecule has 110 valence electrons. The van der Waals surface area contributed by atoms with E-state index >= 15 is 0 Å². The fourth-order valence-corrected chi connectivity index (χ4v) is 3.01. The molecule has 1 aliphatic carbocycles. The van der Waals surface area contributed by atoms with Gasteiger partial charge in [0.1, 0.15) is 5.82 Å². The Kier molecular flexibility index (Phi) is 4.49. The number of nitrogens with zero attached hydrogens (tertiary/aromatic N) is 1. The number of aromatic nitrogens is 1. The summed E-state index contributed by atoms with van der Waals surface area (Å²) in [6, 6.07) is 10.8. The van der Waals surface area contributed by atoms with Crippen molar-refractivity contribution in [2.75, 3.05) is 5.32 Å².